The van der Waals surface area contributed by atoms with Crippen LogP contribution in [-0.2, 0) is 9.84 Å². The molecule has 0 aliphatic carbocycles. The predicted molar refractivity (Wildman–Crippen MR) is 55.8 cm³/mol. The number of hydrogen-bond acceptors (Lipinski definition) is 3. The number of nitrogens with two attached hydrogens (primary N) is 1. The van der Waals surface area contributed by atoms with Crippen molar-refractivity contribution < 1.29 is 8.42 Å². The van der Waals surface area contributed by atoms with E-state index in [1.807, 2.05) is 10.8 Å². The van der Waals surface area contributed by atoms with Crippen LogP contribution in [0.3, 0.4) is 0 Å². The van der Waals surface area contributed by atoms with Gasteiger partial charge in [0.15, 0.2) is 9.84 Å². The third kappa shape index (κ3) is 1.92. The summed E-state index contributed by atoms with van der Waals surface area (Å²) >= 11 is 0. The van der Waals surface area contributed by atoms with Gasteiger partial charge in [0.05, 0.1) is 11.5 Å². The van der Waals surface area contributed by atoms with Crippen LogP contribution in [0.15, 0.2) is 18.5 Å². The molecule has 2 heterocycles. The molecule has 4 nitrogen and oxygen atoms in total. The largest absolute Gasteiger partial charge is 0.398 e. The molecule has 1 atom stereocenters. The Balaban J connectivity index is 2.20. The lowest BCUT2D eigenvalue weighted by atomic mass is 10.2. The van der Waals surface area contributed by atoms with E-state index in [0.717, 1.165) is 12.8 Å². The van der Waals surface area contributed by atoms with E-state index in [9.17, 15) is 8.42 Å². The van der Waals surface area contributed by atoms with Gasteiger partial charge in [0, 0.05) is 24.1 Å². The summed E-state index contributed by atoms with van der Waals surface area (Å²) in [6.45, 7) is 0. The Kier molecular flexibility index (Phi) is 2.26. The molecule has 1 unspecified atom stereocenters. The standard InChI is InChI=1S/C9H14N2O2S/c10-8-3-4-11(6-8)9-2-1-5-14(12,13)7-9/h3-4,6,9H,1-2,5,7,10H2. The SMILES string of the molecule is Nc1ccn(C2CCCS(=O)(=O)C2)c1. The molecule has 1 aromatic rings. The van der Waals surface area contributed by atoms with Gasteiger partial charge in [-0.25, -0.2) is 8.42 Å². The average molecular weight is 214 g/mol. The topological polar surface area (TPSA) is 65.1 Å². The predicted octanol–water partition coefficient (Wildman–Crippen LogP) is 0.820. The van der Waals surface area contributed by atoms with Gasteiger partial charge in [-0.3, -0.25) is 0 Å². The van der Waals surface area contributed by atoms with Gasteiger partial charge in [-0.05, 0) is 18.9 Å². The minimum atomic E-state index is -2.83. The molecule has 78 valence electrons. The molecule has 2 rings (SSSR count). The molecule has 1 fully saturated rings. The number of rotatable bonds is 1. The van der Waals surface area contributed by atoms with Crippen LogP contribution in [0.1, 0.15) is 18.9 Å². The number of nitrogen functional groups attached to an aromatic ring is 1. The van der Waals surface area contributed by atoms with E-state index in [4.69, 9.17) is 5.73 Å². The Hall–Kier alpha value is -0.970. The molecule has 0 bridgehead atoms. The highest BCUT2D eigenvalue weighted by Gasteiger charge is 2.25. The van der Waals surface area contributed by atoms with E-state index in [-0.39, 0.29) is 11.8 Å². The van der Waals surface area contributed by atoms with Crippen LogP contribution in [0.25, 0.3) is 0 Å². The fourth-order valence-electron chi connectivity index (χ4n) is 1.89. The minimum absolute atomic E-state index is 0.0750. The first-order chi connectivity index (χ1) is 6.57. The summed E-state index contributed by atoms with van der Waals surface area (Å²) < 4.78 is 24.7. The molecule has 1 aromatic heterocycles. The van der Waals surface area contributed by atoms with E-state index < -0.39 is 9.84 Å². The highest BCUT2D eigenvalue weighted by Crippen LogP contribution is 2.24. The Bertz CT molecular complexity index is 422. The van der Waals surface area contributed by atoms with Gasteiger partial charge in [0.25, 0.3) is 0 Å². The fraction of sp³-hybridized carbons (Fsp3) is 0.556. The molecule has 14 heavy (non-hydrogen) atoms. The quantitative estimate of drug-likeness (QED) is 0.752. The normalized spacial score (nSPS) is 26.1. The van der Waals surface area contributed by atoms with Crippen molar-refractivity contribution in [2.24, 2.45) is 0 Å². The van der Waals surface area contributed by atoms with E-state index in [2.05, 4.69) is 0 Å². The molecule has 1 aliphatic rings. The van der Waals surface area contributed by atoms with Crippen LogP contribution in [0, 0.1) is 0 Å². The lowest BCUT2D eigenvalue weighted by molar-refractivity contribution is 0.472. The molecule has 5 heteroatoms. The first-order valence-electron chi connectivity index (χ1n) is 4.70. The number of hydrogen-bond donors (Lipinski definition) is 1. The van der Waals surface area contributed by atoms with Gasteiger partial charge in [0.2, 0.25) is 0 Å². The summed E-state index contributed by atoms with van der Waals surface area (Å²) in [5.74, 6) is 0.585. The summed E-state index contributed by atoms with van der Waals surface area (Å²) in [6.07, 6.45) is 5.32. The van der Waals surface area contributed by atoms with Gasteiger partial charge in [-0.2, -0.15) is 0 Å². The lowest BCUT2D eigenvalue weighted by Crippen LogP contribution is -2.26. The number of sulfone groups is 1. The second kappa shape index (κ2) is 3.31. The highest BCUT2D eigenvalue weighted by atomic mass is 32.2. The van der Waals surface area contributed by atoms with Crippen LogP contribution in [-0.4, -0.2) is 24.5 Å². The summed E-state index contributed by atoms with van der Waals surface area (Å²) in [5.41, 5.74) is 6.27. The molecule has 0 spiro atoms. The van der Waals surface area contributed by atoms with Crippen molar-refractivity contribution in [3.8, 4) is 0 Å². The molecule has 1 saturated heterocycles. The zero-order valence-corrected chi connectivity index (χ0v) is 8.70. The summed E-state index contributed by atoms with van der Waals surface area (Å²) in [5, 5.41) is 0. The first-order valence-corrected chi connectivity index (χ1v) is 6.52. The van der Waals surface area contributed by atoms with E-state index in [1.165, 1.54) is 0 Å². The van der Waals surface area contributed by atoms with Gasteiger partial charge in [-0.15, -0.1) is 0 Å². The minimum Gasteiger partial charge on any atom is -0.398 e. The number of anilines is 1. The van der Waals surface area contributed by atoms with Gasteiger partial charge < -0.3 is 10.3 Å². The van der Waals surface area contributed by atoms with Crippen molar-refractivity contribution >= 4 is 15.5 Å². The Labute approximate surface area is 83.6 Å². The van der Waals surface area contributed by atoms with Crippen molar-refractivity contribution in [1.29, 1.82) is 0 Å². The second-order valence-corrected chi connectivity index (χ2v) is 6.03. The van der Waals surface area contributed by atoms with Crippen LogP contribution in [0.4, 0.5) is 5.69 Å². The average Bonchev–Trinajstić information content (AvgIpc) is 2.50. The van der Waals surface area contributed by atoms with Crippen molar-refractivity contribution in [2.45, 2.75) is 18.9 Å². The van der Waals surface area contributed by atoms with Crippen molar-refractivity contribution in [2.75, 3.05) is 17.2 Å². The molecule has 0 saturated carbocycles. The van der Waals surface area contributed by atoms with Crippen LogP contribution in [0.5, 0.6) is 0 Å². The molecule has 2 N–H and O–H groups in total. The molecule has 1 aliphatic heterocycles. The summed E-state index contributed by atoms with van der Waals surface area (Å²) in [6, 6.07) is 1.87. The number of nitrogens with zero attached hydrogens (tertiary/aromatic N) is 1. The fourth-order valence-corrected chi connectivity index (χ4v) is 3.59. The highest BCUT2D eigenvalue weighted by molar-refractivity contribution is 7.91. The Morgan fingerprint density at radius 2 is 2.29 bits per heavy atom. The van der Waals surface area contributed by atoms with Gasteiger partial charge >= 0.3 is 0 Å². The smallest absolute Gasteiger partial charge is 0.152 e. The molecular formula is C9H14N2O2S. The zero-order chi connectivity index (χ0) is 10.2. The lowest BCUT2D eigenvalue weighted by Gasteiger charge is -2.23. The van der Waals surface area contributed by atoms with E-state index in [1.54, 1.807) is 12.3 Å². The summed E-state index contributed by atoms with van der Waals surface area (Å²) in [7, 11) is -2.83. The Morgan fingerprint density at radius 1 is 1.50 bits per heavy atom. The molecule has 0 radical (unpaired) electrons. The van der Waals surface area contributed by atoms with Crippen molar-refractivity contribution in [1.82, 2.24) is 4.57 Å². The molecular weight excluding hydrogens is 200 g/mol. The van der Waals surface area contributed by atoms with Crippen molar-refractivity contribution in [3.63, 3.8) is 0 Å². The van der Waals surface area contributed by atoms with E-state index in [0.29, 0.717) is 11.4 Å². The maximum Gasteiger partial charge on any atom is 0.152 e. The maximum absolute atomic E-state index is 11.4. The zero-order valence-electron chi connectivity index (χ0n) is 7.89. The second-order valence-electron chi connectivity index (χ2n) is 3.80. The molecule has 0 amide bonds. The third-order valence-corrected chi connectivity index (χ3v) is 4.40. The van der Waals surface area contributed by atoms with E-state index >= 15 is 0 Å². The molecule has 0 aromatic carbocycles. The van der Waals surface area contributed by atoms with Crippen molar-refractivity contribution in [3.05, 3.63) is 18.5 Å². The van der Waals surface area contributed by atoms with Crippen LogP contribution >= 0.6 is 0 Å². The third-order valence-electron chi connectivity index (χ3n) is 2.60. The monoisotopic (exact) mass is 214 g/mol. The maximum atomic E-state index is 11.4. The van der Waals surface area contributed by atoms with Crippen LogP contribution in [0.2, 0.25) is 0 Å². The van der Waals surface area contributed by atoms with Crippen LogP contribution < -0.4 is 5.73 Å². The first kappa shape index (κ1) is 9.58. The summed E-state index contributed by atoms with van der Waals surface area (Å²) in [4.78, 5) is 0. The number of aromatic nitrogens is 1. The van der Waals surface area contributed by atoms with Gasteiger partial charge in [-0.1, -0.05) is 0 Å². The van der Waals surface area contributed by atoms with Gasteiger partial charge in [0.1, 0.15) is 0 Å². The Morgan fingerprint density at radius 3 is 2.86 bits per heavy atom.